The summed E-state index contributed by atoms with van der Waals surface area (Å²) in [5, 5.41) is 5.44. The fourth-order valence-electron chi connectivity index (χ4n) is 1.47. The van der Waals surface area contributed by atoms with Crippen molar-refractivity contribution in [3.63, 3.8) is 0 Å². The van der Waals surface area contributed by atoms with Crippen molar-refractivity contribution in [2.24, 2.45) is 0 Å². The van der Waals surface area contributed by atoms with E-state index in [-0.39, 0.29) is 5.91 Å². The molecule has 18 heavy (non-hydrogen) atoms. The molecule has 3 nitrogen and oxygen atoms in total. The lowest BCUT2D eigenvalue weighted by atomic mass is 10.2. The second-order valence-corrected chi connectivity index (χ2v) is 5.11. The third-order valence-electron chi connectivity index (χ3n) is 2.37. The van der Waals surface area contributed by atoms with E-state index in [1.807, 2.05) is 29.6 Å². The summed E-state index contributed by atoms with van der Waals surface area (Å²) >= 11 is 4.75. The molecule has 0 saturated carbocycles. The van der Waals surface area contributed by atoms with Crippen LogP contribution in [0.1, 0.15) is 15.2 Å². The number of amides is 1. The zero-order valence-corrected chi connectivity index (χ0v) is 12.2. The number of nitrogens with one attached hydrogen (secondary N) is 1. The lowest BCUT2D eigenvalue weighted by molar-refractivity contribution is 0.103. The molecule has 2 aromatic rings. The van der Waals surface area contributed by atoms with Crippen LogP contribution in [0.4, 0.5) is 5.69 Å². The van der Waals surface area contributed by atoms with Crippen LogP contribution in [0.5, 0.6) is 5.75 Å². The van der Waals surface area contributed by atoms with E-state index in [1.54, 1.807) is 13.2 Å². The molecular weight excluding hydrogens is 314 g/mol. The topological polar surface area (TPSA) is 38.3 Å². The van der Waals surface area contributed by atoms with E-state index < -0.39 is 0 Å². The molecule has 1 aromatic heterocycles. The molecule has 2 rings (SSSR count). The van der Waals surface area contributed by atoms with Gasteiger partial charge >= 0.3 is 0 Å². The van der Waals surface area contributed by atoms with Crippen LogP contribution in [0, 0.1) is 0 Å². The summed E-state index contributed by atoms with van der Waals surface area (Å²) < 4.78 is 5.06. The molecule has 0 radical (unpaired) electrons. The third kappa shape index (κ3) is 3.11. The average molecular weight is 326 g/mol. The normalized spacial score (nSPS) is 10.1. The zero-order valence-electron chi connectivity index (χ0n) is 9.77. The first-order valence-corrected chi connectivity index (χ1v) is 7.32. The summed E-state index contributed by atoms with van der Waals surface area (Å²) in [5.74, 6) is 0.592. The molecule has 0 unspecified atom stereocenters. The summed E-state index contributed by atoms with van der Waals surface area (Å²) in [6, 6.07) is 9.46. The minimum Gasteiger partial charge on any atom is -0.496 e. The van der Waals surface area contributed by atoms with Crippen LogP contribution in [-0.4, -0.2) is 13.0 Å². The minimum atomic E-state index is -0.116. The van der Waals surface area contributed by atoms with E-state index in [0.29, 0.717) is 10.6 Å². The van der Waals surface area contributed by atoms with Crippen LogP contribution in [0.15, 0.2) is 35.7 Å². The summed E-state index contributed by atoms with van der Waals surface area (Å²) in [7, 11) is 1.59. The Hall–Kier alpha value is -1.33. The van der Waals surface area contributed by atoms with E-state index in [9.17, 15) is 4.79 Å². The van der Waals surface area contributed by atoms with Gasteiger partial charge in [-0.25, -0.2) is 0 Å². The number of ether oxygens (including phenoxy) is 1. The first-order chi connectivity index (χ1) is 8.72. The predicted molar refractivity (Wildman–Crippen MR) is 77.9 cm³/mol. The Bertz CT molecular complexity index is 553. The van der Waals surface area contributed by atoms with Crippen molar-refractivity contribution in [2.45, 2.75) is 5.33 Å². The summed E-state index contributed by atoms with van der Waals surface area (Å²) in [5.41, 5.74) is 1.92. The first kappa shape index (κ1) is 13.1. The molecule has 0 fully saturated rings. The standard InChI is InChI=1S/C13H12BrNO2S/c1-17-11-6-12(18-8-11)13(16)15-10-4-2-3-9(5-10)7-14/h2-6,8H,7H2,1H3,(H,15,16). The van der Waals surface area contributed by atoms with E-state index in [0.717, 1.165) is 16.6 Å². The highest BCUT2D eigenvalue weighted by molar-refractivity contribution is 9.08. The van der Waals surface area contributed by atoms with Crippen LogP contribution >= 0.6 is 27.3 Å². The SMILES string of the molecule is COc1csc(C(=O)Nc2cccc(CBr)c2)c1. The van der Waals surface area contributed by atoms with E-state index >= 15 is 0 Å². The second kappa shape index (κ2) is 6.02. The van der Waals surface area contributed by atoms with Crippen LogP contribution in [0.25, 0.3) is 0 Å². The maximum atomic E-state index is 12.0. The Kier molecular flexibility index (Phi) is 4.38. The first-order valence-electron chi connectivity index (χ1n) is 5.31. The number of carbonyl (C=O) groups excluding carboxylic acids is 1. The Labute approximate surface area is 118 Å². The van der Waals surface area contributed by atoms with Gasteiger partial charge in [-0.2, -0.15) is 0 Å². The van der Waals surface area contributed by atoms with Crippen molar-refractivity contribution in [2.75, 3.05) is 12.4 Å². The average Bonchev–Trinajstić information content (AvgIpc) is 2.88. The number of anilines is 1. The van der Waals surface area contributed by atoms with Crippen molar-refractivity contribution >= 4 is 38.9 Å². The largest absolute Gasteiger partial charge is 0.496 e. The second-order valence-electron chi connectivity index (χ2n) is 3.64. The molecule has 5 heteroatoms. The molecule has 1 heterocycles. The smallest absolute Gasteiger partial charge is 0.265 e. The quantitative estimate of drug-likeness (QED) is 0.865. The van der Waals surface area contributed by atoms with Crippen LogP contribution in [0.3, 0.4) is 0 Å². The van der Waals surface area contributed by atoms with Crippen molar-refractivity contribution in [3.8, 4) is 5.75 Å². The number of hydrogen-bond donors (Lipinski definition) is 1. The fraction of sp³-hybridized carbons (Fsp3) is 0.154. The van der Waals surface area contributed by atoms with Crippen molar-refractivity contribution < 1.29 is 9.53 Å². The Morgan fingerprint density at radius 1 is 1.44 bits per heavy atom. The molecule has 1 aromatic carbocycles. The van der Waals surface area contributed by atoms with Gasteiger partial charge in [-0.05, 0) is 17.7 Å². The Balaban J connectivity index is 2.10. The lowest BCUT2D eigenvalue weighted by Gasteiger charge is -2.04. The molecule has 0 aliphatic rings. The van der Waals surface area contributed by atoms with Gasteiger partial charge in [-0.15, -0.1) is 11.3 Å². The number of rotatable bonds is 4. The number of methoxy groups -OCH3 is 1. The molecule has 0 aliphatic heterocycles. The van der Waals surface area contributed by atoms with E-state index in [4.69, 9.17) is 4.74 Å². The molecule has 1 amide bonds. The highest BCUT2D eigenvalue weighted by Crippen LogP contribution is 2.22. The van der Waals surface area contributed by atoms with Gasteiger partial charge in [-0.1, -0.05) is 28.1 Å². The molecule has 0 spiro atoms. The Morgan fingerprint density at radius 2 is 2.28 bits per heavy atom. The number of carbonyl (C=O) groups is 1. The molecule has 0 bridgehead atoms. The van der Waals surface area contributed by atoms with E-state index in [2.05, 4.69) is 21.2 Å². The van der Waals surface area contributed by atoms with Gasteiger partial charge in [0.15, 0.2) is 0 Å². The van der Waals surface area contributed by atoms with Gasteiger partial charge in [-0.3, -0.25) is 4.79 Å². The highest BCUT2D eigenvalue weighted by atomic mass is 79.9. The fourth-order valence-corrected chi connectivity index (χ4v) is 2.57. The van der Waals surface area contributed by atoms with Crippen LogP contribution < -0.4 is 10.1 Å². The monoisotopic (exact) mass is 325 g/mol. The third-order valence-corrected chi connectivity index (χ3v) is 3.93. The number of hydrogen-bond acceptors (Lipinski definition) is 3. The van der Waals surface area contributed by atoms with Gasteiger partial charge in [0, 0.05) is 22.5 Å². The van der Waals surface area contributed by atoms with Crippen molar-refractivity contribution in [1.82, 2.24) is 0 Å². The lowest BCUT2D eigenvalue weighted by Crippen LogP contribution is -2.10. The number of benzene rings is 1. The molecule has 0 aliphatic carbocycles. The van der Waals surface area contributed by atoms with Gasteiger partial charge in [0.2, 0.25) is 0 Å². The molecular formula is C13H12BrNO2S. The summed E-state index contributed by atoms with van der Waals surface area (Å²) in [6.45, 7) is 0. The molecule has 0 saturated heterocycles. The molecule has 1 N–H and O–H groups in total. The zero-order chi connectivity index (χ0) is 13.0. The minimum absolute atomic E-state index is 0.116. The maximum absolute atomic E-state index is 12.0. The van der Waals surface area contributed by atoms with Gasteiger partial charge in [0.1, 0.15) is 5.75 Å². The van der Waals surface area contributed by atoms with Gasteiger partial charge < -0.3 is 10.1 Å². The van der Waals surface area contributed by atoms with Crippen molar-refractivity contribution in [1.29, 1.82) is 0 Å². The predicted octanol–water partition coefficient (Wildman–Crippen LogP) is 3.90. The maximum Gasteiger partial charge on any atom is 0.265 e. The van der Waals surface area contributed by atoms with Crippen LogP contribution in [-0.2, 0) is 5.33 Å². The highest BCUT2D eigenvalue weighted by Gasteiger charge is 2.09. The summed E-state index contributed by atoms with van der Waals surface area (Å²) in [6.07, 6.45) is 0. The molecule has 0 atom stereocenters. The van der Waals surface area contributed by atoms with Crippen LogP contribution in [0.2, 0.25) is 0 Å². The van der Waals surface area contributed by atoms with Gasteiger partial charge in [0.25, 0.3) is 5.91 Å². The number of alkyl halides is 1. The van der Waals surface area contributed by atoms with Gasteiger partial charge in [0.05, 0.1) is 12.0 Å². The summed E-state index contributed by atoms with van der Waals surface area (Å²) in [4.78, 5) is 12.6. The van der Waals surface area contributed by atoms with E-state index in [1.165, 1.54) is 11.3 Å². The number of thiophene rings is 1. The van der Waals surface area contributed by atoms with Crippen molar-refractivity contribution in [3.05, 3.63) is 46.2 Å². The Morgan fingerprint density at radius 3 is 2.94 bits per heavy atom. The molecule has 94 valence electrons. The number of halogens is 1.